The van der Waals surface area contributed by atoms with Gasteiger partial charge in [-0.2, -0.15) is 0 Å². The second-order valence-electron chi connectivity index (χ2n) is 3.97. The van der Waals surface area contributed by atoms with Crippen LogP contribution in [0.25, 0.3) is 11.4 Å². The first kappa shape index (κ1) is 13.5. The summed E-state index contributed by atoms with van der Waals surface area (Å²) in [5.74, 6) is -3.12. The van der Waals surface area contributed by atoms with Crippen molar-refractivity contribution in [3.8, 4) is 11.4 Å². The van der Waals surface area contributed by atoms with Crippen LogP contribution in [0.3, 0.4) is 0 Å². The molecule has 8 heteroatoms. The number of tetrazole rings is 1. The first-order valence-electron chi connectivity index (χ1n) is 5.74. The van der Waals surface area contributed by atoms with E-state index in [0.29, 0.717) is 31.6 Å². The van der Waals surface area contributed by atoms with Crippen molar-refractivity contribution in [2.75, 3.05) is 6.54 Å². The van der Waals surface area contributed by atoms with E-state index in [1.807, 2.05) is 0 Å². The first-order valence-corrected chi connectivity index (χ1v) is 5.74. The maximum atomic E-state index is 13.6. The minimum absolute atomic E-state index is 0.0629. The first-order chi connectivity index (χ1) is 9.13. The van der Waals surface area contributed by atoms with Crippen molar-refractivity contribution in [2.24, 2.45) is 5.73 Å². The molecule has 0 saturated heterocycles. The van der Waals surface area contributed by atoms with Gasteiger partial charge in [-0.25, -0.2) is 17.9 Å². The molecular weight excluding hydrogens is 259 g/mol. The number of hydrogen-bond acceptors (Lipinski definition) is 4. The summed E-state index contributed by atoms with van der Waals surface area (Å²) < 4.78 is 41.4. The molecule has 5 nitrogen and oxygen atoms in total. The summed E-state index contributed by atoms with van der Waals surface area (Å²) in [4.78, 5) is 0. The number of nitrogens with zero attached hydrogens (tertiary/aromatic N) is 4. The lowest BCUT2D eigenvalue weighted by molar-refractivity contribution is 0.530. The Bertz CT molecular complexity index is 546. The van der Waals surface area contributed by atoms with Crippen molar-refractivity contribution in [1.82, 2.24) is 20.2 Å². The Balaban J connectivity index is 2.35. The van der Waals surface area contributed by atoms with Crippen LogP contribution in [0.15, 0.2) is 12.1 Å². The molecule has 0 radical (unpaired) electrons. The third kappa shape index (κ3) is 2.90. The Hall–Kier alpha value is -1.96. The van der Waals surface area contributed by atoms with Gasteiger partial charge >= 0.3 is 0 Å². The van der Waals surface area contributed by atoms with E-state index in [-0.39, 0.29) is 5.82 Å². The molecule has 2 rings (SSSR count). The maximum Gasteiger partial charge on any atom is 0.187 e. The number of nitrogens with two attached hydrogens (primary N) is 1. The fraction of sp³-hybridized carbons (Fsp3) is 0.364. The Labute approximate surface area is 107 Å². The van der Waals surface area contributed by atoms with Gasteiger partial charge in [0.1, 0.15) is 17.5 Å². The Kier molecular flexibility index (Phi) is 4.10. The Morgan fingerprint density at radius 3 is 2.42 bits per heavy atom. The van der Waals surface area contributed by atoms with E-state index >= 15 is 0 Å². The van der Waals surface area contributed by atoms with Gasteiger partial charge in [0.15, 0.2) is 5.82 Å². The van der Waals surface area contributed by atoms with Gasteiger partial charge in [-0.3, -0.25) is 0 Å². The number of unbranched alkanes of at least 4 members (excludes halogenated alkanes) is 1. The van der Waals surface area contributed by atoms with E-state index in [9.17, 15) is 13.2 Å². The van der Waals surface area contributed by atoms with Gasteiger partial charge in [-0.05, 0) is 29.8 Å². The van der Waals surface area contributed by atoms with E-state index in [1.165, 1.54) is 4.68 Å². The van der Waals surface area contributed by atoms with Gasteiger partial charge < -0.3 is 5.73 Å². The summed E-state index contributed by atoms with van der Waals surface area (Å²) in [6.45, 7) is 0.895. The molecule has 0 bridgehead atoms. The van der Waals surface area contributed by atoms with Crippen molar-refractivity contribution in [2.45, 2.75) is 19.4 Å². The largest absolute Gasteiger partial charge is 0.330 e. The number of halogens is 3. The molecule has 0 atom stereocenters. The number of rotatable bonds is 5. The summed E-state index contributed by atoms with van der Waals surface area (Å²) in [5, 5.41) is 10.6. The molecule has 1 aromatic heterocycles. The Morgan fingerprint density at radius 1 is 1.11 bits per heavy atom. The van der Waals surface area contributed by atoms with Crippen LogP contribution in [-0.2, 0) is 6.54 Å². The third-order valence-corrected chi connectivity index (χ3v) is 2.59. The van der Waals surface area contributed by atoms with Crippen LogP contribution in [0.2, 0.25) is 0 Å². The van der Waals surface area contributed by atoms with Crippen LogP contribution in [0, 0.1) is 17.5 Å². The number of aryl methyl sites for hydroxylation is 1. The lowest BCUT2D eigenvalue weighted by Gasteiger charge is -2.06. The molecule has 1 aromatic carbocycles. The monoisotopic (exact) mass is 271 g/mol. The average Bonchev–Trinajstić information content (AvgIpc) is 2.76. The van der Waals surface area contributed by atoms with Crippen molar-refractivity contribution >= 4 is 0 Å². The van der Waals surface area contributed by atoms with Gasteiger partial charge in [-0.1, -0.05) is 0 Å². The minimum atomic E-state index is -1.03. The SMILES string of the molecule is NCCCCn1nnnc1-c1c(F)cc(F)cc1F. The molecule has 102 valence electrons. The molecule has 0 saturated carbocycles. The van der Waals surface area contributed by atoms with E-state index in [0.717, 1.165) is 6.42 Å². The van der Waals surface area contributed by atoms with Gasteiger partial charge in [0.25, 0.3) is 0 Å². The van der Waals surface area contributed by atoms with Gasteiger partial charge in [0.05, 0.1) is 5.56 Å². The lowest BCUT2D eigenvalue weighted by Crippen LogP contribution is -2.07. The van der Waals surface area contributed by atoms with Crippen LogP contribution >= 0.6 is 0 Å². The van der Waals surface area contributed by atoms with Gasteiger partial charge in [0, 0.05) is 18.7 Å². The highest BCUT2D eigenvalue weighted by molar-refractivity contribution is 5.56. The predicted octanol–water partition coefficient (Wildman–Crippen LogP) is 1.50. The minimum Gasteiger partial charge on any atom is -0.330 e. The van der Waals surface area contributed by atoms with Gasteiger partial charge in [0.2, 0.25) is 0 Å². The second kappa shape index (κ2) is 5.79. The molecule has 0 spiro atoms. The summed E-state index contributed by atoms with van der Waals surface area (Å²) >= 11 is 0. The standard InChI is InChI=1S/C11H12F3N5/c12-7-5-8(13)10(9(14)6-7)11-16-17-18-19(11)4-2-1-3-15/h5-6H,1-4,15H2. The zero-order valence-electron chi connectivity index (χ0n) is 9.98. The fourth-order valence-corrected chi connectivity index (χ4v) is 1.70. The molecule has 1 heterocycles. The van der Waals surface area contributed by atoms with Crippen LogP contribution in [-0.4, -0.2) is 26.8 Å². The number of benzene rings is 1. The molecule has 0 aliphatic carbocycles. The molecular formula is C11H12F3N5. The quantitative estimate of drug-likeness (QED) is 0.837. The highest BCUT2D eigenvalue weighted by Gasteiger charge is 2.19. The molecule has 19 heavy (non-hydrogen) atoms. The van der Waals surface area contributed by atoms with E-state index in [1.54, 1.807) is 0 Å². The molecule has 0 aliphatic heterocycles. The molecule has 2 aromatic rings. The smallest absolute Gasteiger partial charge is 0.187 e. The van der Waals surface area contributed by atoms with E-state index in [4.69, 9.17) is 5.73 Å². The van der Waals surface area contributed by atoms with Crippen molar-refractivity contribution in [3.63, 3.8) is 0 Å². The van der Waals surface area contributed by atoms with E-state index in [2.05, 4.69) is 15.5 Å². The van der Waals surface area contributed by atoms with Crippen LogP contribution in [0.5, 0.6) is 0 Å². The number of hydrogen-bond donors (Lipinski definition) is 1. The molecule has 0 fully saturated rings. The predicted molar refractivity (Wildman–Crippen MR) is 61.4 cm³/mol. The second-order valence-corrected chi connectivity index (χ2v) is 3.97. The molecule has 0 aliphatic rings. The third-order valence-electron chi connectivity index (χ3n) is 2.59. The van der Waals surface area contributed by atoms with Crippen LogP contribution < -0.4 is 5.73 Å². The van der Waals surface area contributed by atoms with Crippen molar-refractivity contribution in [1.29, 1.82) is 0 Å². The molecule has 0 unspecified atom stereocenters. The topological polar surface area (TPSA) is 69.6 Å². The Morgan fingerprint density at radius 2 is 1.79 bits per heavy atom. The van der Waals surface area contributed by atoms with Crippen LogP contribution in [0.4, 0.5) is 13.2 Å². The average molecular weight is 271 g/mol. The highest BCUT2D eigenvalue weighted by atomic mass is 19.1. The number of aromatic nitrogens is 4. The zero-order chi connectivity index (χ0) is 13.8. The van der Waals surface area contributed by atoms with Crippen molar-refractivity contribution < 1.29 is 13.2 Å². The lowest BCUT2D eigenvalue weighted by atomic mass is 10.1. The van der Waals surface area contributed by atoms with E-state index < -0.39 is 23.0 Å². The van der Waals surface area contributed by atoms with Crippen molar-refractivity contribution in [3.05, 3.63) is 29.6 Å². The summed E-state index contributed by atoms with van der Waals surface area (Å²) in [6, 6.07) is 1.19. The zero-order valence-corrected chi connectivity index (χ0v) is 9.98. The summed E-state index contributed by atoms with van der Waals surface area (Å²) in [5.41, 5.74) is 4.93. The highest BCUT2D eigenvalue weighted by Crippen LogP contribution is 2.24. The molecule has 2 N–H and O–H groups in total. The summed E-state index contributed by atoms with van der Waals surface area (Å²) in [7, 11) is 0. The fourth-order valence-electron chi connectivity index (χ4n) is 1.70. The van der Waals surface area contributed by atoms with Gasteiger partial charge in [-0.15, -0.1) is 5.10 Å². The normalized spacial score (nSPS) is 10.9. The summed E-state index contributed by atoms with van der Waals surface area (Å²) in [6.07, 6.45) is 1.42. The molecule has 0 amide bonds. The maximum absolute atomic E-state index is 13.6. The van der Waals surface area contributed by atoms with Crippen LogP contribution in [0.1, 0.15) is 12.8 Å².